The van der Waals surface area contributed by atoms with Crippen LogP contribution in [-0.4, -0.2) is 21.1 Å². The molecule has 0 aliphatic carbocycles. The molecule has 2 aromatic heterocycles. The van der Waals surface area contributed by atoms with E-state index in [9.17, 15) is 4.79 Å². The number of pyridine rings is 1. The minimum atomic E-state index is -0.294. The van der Waals surface area contributed by atoms with E-state index in [0.29, 0.717) is 16.4 Å². The van der Waals surface area contributed by atoms with Gasteiger partial charge in [-0.05, 0) is 12.5 Å². The molecular weight excluding hydrogens is 252 g/mol. The number of nitrogens with zero attached hydrogens (tertiary/aromatic N) is 2. The predicted octanol–water partition coefficient (Wildman–Crippen LogP) is 2.66. The minimum absolute atomic E-state index is 0.294. The average molecular weight is 265 g/mol. The van der Waals surface area contributed by atoms with Gasteiger partial charge in [-0.15, -0.1) is 0 Å². The SMILES string of the molecule is CCCc1cc(NC(=O)c2ccncc2Cl)n[nH]1. The van der Waals surface area contributed by atoms with E-state index >= 15 is 0 Å². The molecule has 2 rings (SSSR count). The first-order valence-electron chi connectivity index (χ1n) is 5.66. The van der Waals surface area contributed by atoms with Gasteiger partial charge < -0.3 is 5.32 Å². The van der Waals surface area contributed by atoms with Crippen molar-refractivity contribution in [2.75, 3.05) is 5.32 Å². The van der Waals surface area contributed by atoms with E-state index in [4.69, 9.17) is 11.6 Å². The molecule has 94 valence electrons. The molecular formula is C12H13ClN4O. The van der Waals surface area contributed by atoms with Crippen LogP contribution in [0.25, 0.3) is 0 Å². The Morgan fingerprint density at radius 1 is 1.56 bits per heavy atom. The molecule has 5 nitrogen and oxygen atoms in total. The summed E-state index contributed by atoms with van der Waals surface area (Å²) < 4.78 is 0. The molecule has 0 fully saturated rings. The summed E-state index contributed by atoms with van der Waals surface area (Å²) in [5.74, 6) is 0.202. The van der Waals surface area contributed by atoms with Crippen molar-refractivity contribution in [3.63, 3.8) is 0 Å². The number of carbonyl (C=O) groups excluding carboxylic acids is 1. The molecule has 0 atom stereocenters. The molecule has 2 heterocycles. The van der Waals surface area contributed by atoms with Gasteiger partial charge in [0.05, 0.1) is 10.6 Å². The number of hydrogen-bond acceptors (Lipinski definition) is 3. The maximum atomic E-state index is 11.9. The van der Waals surface area contributed by atoms with Gasteiger partial charge in [0.25, 0.3) is 5.91 Å². The van der Waals surface area contributed by atoms with Crippen LogP contribution in [0.1, 0.15) is 29.4 Å². The van der Waals surface area contributed by atoms with E-state index < -0.39 is 0 Å². The first-order chi connectivity index (χ1) is 8.70. The summed E-state index contributed by atoms with van der Waals surface area (Å²) in [6, 6.07) is 3.38. The van der Waals surface area contributed by atoms with Crippen LogP contribution in [0.15, 0.2) is 24.5 Å². The number of anilines is 1. The Labute approximate surface area is 110 Å². The van der Waals surface area contributed by atoms with Crippen molar-refractivity contribution in [2.24, 2.45) is 0 Å². The van der Waals surface area contributed by atoms with Crippen molar-refractivity contribution in [1.29, 1.82) is 0 Å². The van der Waals surface area contributed by atoms with Crippen LogP contribution in [0, 0.1) is 0 Å². The van der Waals surface area contributed by atoms with E-state index in [-0.39, 0.29) is 5.91 Å². The molecule has 0 unspecified atom stereocenters. The lowest BCUT2D eigenvalue weighted by molar-refractivity contribution is 0.102. The second-order valence-electron chi connectivity index (χ2n) is 3.84. The van der Waals surface area contributed by atoms with Gasteiger partial charge in [0.1, 0.15) is 0 Å². The Morgan fingerprint density at radius 3 is 3.11 bits per heavy atom. The van der Waals surface area contributed by atoms with Crippen LogP contribution in [0.2, 0.25) is 5.02 Å². The van der Waals surface area contributed by atoms with Gasteiger partial charge in [-0.2, -0.15) is 5.10 Å². The van der Waals surface area contributed by atoms with Crippen LogP contribution in [0.5, 0.6) is 0 Å². The smallest absolute Gasteiger partial charge is 0.258 e. The highest BCUT2D eigenvalue weighted by atomic mass is 35.5. The molecule has 1 amide bonds. The van der Waals surface area contributed by atoms with Gasteiger partial charge in [0, 0.05) is 24.2 Å². The molecule has 2 N–H and O–H groups in total. The van der Waals surface area contributed by atoms with Gasteiger partial charge in [-0.1, -0.05) is 24.9 Å². The lowest BCUT2D eigenvalue weighted by Gasteiger charge is -2.02. The number of rotatable bonds is 4. The summed E-state index contributed by atoms with van der Waals surface area (Å²) in [4.78, 5) is 15.8. The molecule has 18 heavy (non-hydrogen) atoms. The van der Waals surface area contributed by atoms with Crippen LogP contribution in [0.4, 0.5) is 5.82 Å². The topological polar surface area (TPSA) is 70.7 Å². The zero-order valence-corrected chi connectivity index (χ0v) is 10.7. The Hall–Kier alpha value is -1.88. The van der Waals surface area contributed by atoms with Crippen molar-refractivity contribution < 1.29 is 4.79 Å². The molecule has 0 bridgehead atoms. The zero-order chi connectivity index (χ0) is 13.0. The summed E-state index contributed by atoms with van der Waals surface area (Å²) in [5, 5.41) is 9.89. The molecule has 0 radical (unpaired) electrons. The normalized spacial score (nSPS) is 10.3. The molecule has 0 saturated carbocycles. The third-order valence-corrected chi connectivity index (χ3v) is 2.71. The van der Waals surface area contributed by atoms with Gasteiger partial charge in [-0.3, -0.25) is 14.9 Å². The number of hydrogen-bond donors (Lipinski definition) is 2. The summed E-state index contributed by atoms with van der Waals surface area (Å²) in [7, 11) is 0. The minimum Gasteiger partial charge on any atom is -0.305 e. The fraction of sp³-hybridized carbons (Fsp3) is 0.250. The van der Waals surface area contributed by atoms with Crippen molar-refractivity contribution in [2.45, 2.75) is 19.8 Å². The summed E-state index contributed by atoms with van der Waals surface area (Å²) in [6.45, 7) is 2.08. The van der Waals surface area contributed by atoms with Crippen LogP contribution >= 0.6 is 11.6 Å². The van der Waals surface area contributed by atoms with Gasteiger partial charge in [0.2, 0.25) is 0 Å². The van der Waals surface area contributed by atoms with Crippen LogP contribution in [0.3, 0.4) is 0 Å². The molecule has 6 heteroatoms. The highest BCUT2D eigenvalue weighted by Crippen LogP contribution is 2.15. The Kier molecular flexibility index (Phi) is 3.94. The van der Waals surface area contributed by atoms with Gasteiger partial charge >= 0.3 is 0 Å². The van der Waals surface area contributed by atoms with Gasteiger partial charge in [0.15, 0.2) is 5.82 Å². The quantitative estimate of drug-likeness (QED) is 0.892. The number of carbonyl (C=O) groups is 1. The maximum Gasteiger partial charge on any atom is 0.258 e. The number of aromatic amines is 1. The average Bonchev–Trinajstić information content (AvgIpc) is 2.77. The standard InChI is InChI=1S/C12H13ClN4O/c1-2-3-8-6-11(17-16-8)15-12(18)9-4-5-14-7-10(9)13/h4-7H,2-3H2,1H3,(H2,15,16,17,18). The van der Waals surface area contributed by atoms with Crippen molar-refractivity contribution in [1.82, 2.24) is 15.2 Å². The van der Waals surface area contributed by atoms with E-state index in [1.165, 1.54) is 12.4 Å². The van der Waals surface area contributed by atoms with Crippen molar-refractivity contribution in [3.05, 3.63) is 40.8 Å². The molecule has 0 aliphatic rings. The number of aromatic nitrogens is 3. The zero-order valence-electron chi connectivity index (χ0n) is 9.90. The third kappa shape index (κ3) is 2.87. The fourth-order valence-electron chi connectivity index (χ4n) is 1.57. The summed E-state index contributed by atoms with van der Waals surface area (Å²) in [6.07, 6.45) is 4.88. The Morgan fingerprint density at radius 2 is 2.39 bits per heavy atom. The number of halogens is 1. The molecule has 0 aromatic carbocycles. The lowest BCUT2D eigenvalue weighted by atomic mass is 10.2. The number of aryl methyl sites for hydroxylation is 1. The largest absolute Gasteiger partial charge is 0.305 e. The van der Waals surface area contributed by atoms with E-state index in [0.717, 1.165) is 18.5 Å². The second kappa shape index (κ2) is 5.64. The predicted molar refractivity (Wildman–Crippen MR) is 69.8 cm³/mol. The van der Waals surface area contributed by atoms with E-state index in [2.05, 4.69) is 27.4 Å². The molecule has 0 saturated heterocycles. The highest BCUT2D eigenvalue weighted by Gasteiger charge is 2.11. The monoisotopic (exact) mass is 264 g/mol. The Balaban J connectivity index is 2.09. The van der Waals surface area contributed by atoms with E-state index in [1.807, 2.05) is 6.07 Å². The summed E-state index contributed by atoms with van der Waals surface area (Å²) >= 11 is 5.89. The first-order valence-corrected chi connectivity index (χ1v) is 6.03. The number of nitrogens with one attached hydrogen (secondary N) is 2. The third-order valence-electron chi connectivity index (χ3n) is 2.41. The lowest BCUT2D eigenvalue weighted by Crippen LogP contribution is -2.12. The van der Waals surface area contributed by atoms with Gasteiger partial charge in [-0.25, -0.2) is 0 Å². The van der Waals surface area contributed by atoms with E-state index in [1.54, 1.807) is 6.07 Å². The molecule has 0 spiro atoms. The van der Waals surface area contributed by atoms with Crippen molar-refractivity contribution >= 4 is 23.3 Å². The summed E-state index contributed by atoms with van der Waals surface area (Å²) in [5.41, 5.74) is 1.38. The molecule has 2 aromatic rings. The van der Waals surface area contributed by atoms with Crippen LogP contribution < -0.4 is 5.32 Å². The number of amides is 1. The first kappa shape index (κ1) is 12.6. The second-order valence-corrected chi connectivity index (χ2v) is 4.25. The van der Waals surface area contributed by atoms with Crippen LogP contribution in [-0.2, 0) is 6.42 Å². The molecule has 0 aliphatic heterocycles. The maximum absolute atomic E-state index is 11.9. The number of H-pyrrole nitrogens is 1. The highest BCUT2D eigenvalue weighted by molar-refractivity contribution is 6.34. The van der Waals surface area contributed by atoms with Crippen molar-refractivity contribution in [3.8, 4) is 0 Å². The Bertz CT molecular complexity index is 553. The fourth-order valence-corrected chi connectivity index (χ4v) is 1.77.